The second-order valence-corrected chi connectivity index (χ2v) is 6.00. The topological polar surface area (TPSA) is 102 Å². The summed E-state index contributed by atoms with van der Waals surface area (Å²) in [6, 6.07) is 14.0. The molecule has 0 fully saturated rings. The first kappa shape index (κ1) is 19.2. The summed E-state index contributed by atoms with van der Waals surface area (Å²) in [5.74, 6) is 0.670. The van der Waals surface area contributed by atoms with Crippen molar-refractivity contribution in [3.8, 4) is 11.5 Å². The van der Waals surface area contributed by atoms with Gasteiger partial charge < -0.3 is 19.9 Å². The van der Waals surface area contributed by atoms with Crippen LogP contribution in [0.4, 0.5) is 0 Å². The van der Waals surface area contributed by atoms with Crippen LogP contribution in [0.25, 0.3) is 0 Å². The van der Waals surface area contributed by atoms with Gasteiger partial charge in [-0.2, -0.15) is 0 Å². The van der Waals surface area contributed by atoms with Crippen LogP contribution in [0.3, 0.4) is 0 Å². The van der Waals surface area contributed by atoms with E-state index in [2.05, 4.69) is 0 Å². The van der Waals surface area contributed by atoms with E-state index in [0.29, 0.717) is 18.0 Å². The maximum Gasteiger partial charge on any atom is 0.584 e. The fraction of sp³-hybridized carbons (Fsp3) is 0.250. The Morgan fingerprint density at radius 3 is 1.61 bits per heavy atom. The Labute approximate surface area is 136 Å². The molecule has 0 heterocycles. The van der Waals surface area contributed by atoms with Crippen molar-refractivity contribution in [3.05, 3.63) is 59.7 Å². The minimum atomic E-state index is -4.19. The second kappa shape index (κ2) is 9.33. The summed E-state index contributed by atoms with van der Waals surface area (Å²) in [6.45, 7) is 4.06. The van der Waals surface area contributed by atoms with Crippen molar-refractivity contribution in [1.82, 2.24) is 0 Å². The van der Waals surface area contributed by atoms with E-state index in [1.807, 2.05) is 12.1 Å². The van der Waals surface area contributed by atoms with Crippen molar-refractivity contribution in [2.75, 3.05) is 13.2 Å². The number of hydrogen-bond acceptors (Lipinski definition) is 5. The van der Waals surface area contributed by atoms with E-state index in [1.165, 1.54) is 0 Å². The van der Waals surface area contributed by atoms with Gasteiger partial charge in [0, 0.05) is 6.54 Å². The minimum Gasteiger partial charge on any atom is -0.395 e. The molecule has 126 valence electrons. The van der Waals surface area contributed by atoms with Gasteiger partial charge in [0.15, 0.2) is 0 Å². The highest BCUT2D eigenvalue weighted by Crippen LogP contribution is 2.45. The highest BCUT2D eigenvalue weighted by molar-refractivity contribution is 7.48. The Hall–Kier alpha value is -1.85. The van der Waals surface area contributed by atoms with E-state index >= 15 is 0 Å². The van der Waals surface area contributed by atoms with Gasteiger partial charge in [-0.1, -0.05) is 36.4 Å². The van der Waals surface area contributed by atoms with E-state index in [4.69, 9.17) is 19.9 Å². The minimum absolute atomic E-state index is 0.0972. The van der Waals surface area contributed by atoms with Crippen LogP contribution in [0.1, 0.15) is 11.1 Å². The molecule has 0 spiro atoms. The zero-order valence-corrected chi connectivity index (χ0v) is 14.1. The van der Waals surface area contributed by atoms with Gasteiger partial charge in [-0.25, -0.2) is 4.57 Å². The van der Waals surface area contributed by atoms with Crippen LogP contribution in [0.2, 0.25) is 0 Å². The van der Waals surface area contributed by atoms with Gasteiger partial charge in [-0.05, 0) is 37.1 Å². The average Bonchev–Trinajstić information content (AvgIpc) is 2.52. The van der Waals surface area contributed by atoms with Crippen molar-refractivity contribution < 1.29 is 23.6 Å². The van der Waals surface area contributed by atoms with Gasteiger partial charge in [0.05, 0.1) is 6.61 Å². The summed E-state index contributed by atoms with van der Waals surface area (Å²) >= 11 is 0. The lowest BCUT2D eigenvalue weighted by molar-refractivity contribution is 0.289. The summed E-state index contributed by atoms with van der Waals surface area (Å²) in [5.41, 5.74) is 6.32. The lowest BCUT2D eigenvalue weighted by atomic mass is 10.2. The number of aryl methyl sites for hydroxylation is 2. The van der Waals surface area contributed by atoms with E-state index in [-0.39, 0.29) is 6.61 Å². The number of phosphoric ester groups is 1. The molecule has 0 saturated carbocycles. The molecular formula is C16H22NO5P. The first-order valence-electron chi connectivity index (χ1n) is 7.04. The zero-order valence-electron chi connectivity index (χ0n) is 13.2. The first-order chi connectivity index (χ1) is 10.9. The summed E-state index contributed by atoms with van der Waals surface area (Å²) in [5, 5.41) is 7.75. The van der Waals surface area contributed by atoms with Crippen molar-refractivity contribution >= 4 is 7.82 Å². The number of aliphatic hydroxyl groups excluding tert-OH is 1. The van der Waals surface area contributed by atoms with Gasteiger partial charge in [0.2, 0.25) is 0 Å². The molecular weight excluding hydrogens is 317 g/mol. The van der Waals surface area contributed by atoms with E-state index < -0.39 is 7.82 Å². The molecule has 0 aliphatic carbocycles. The van der Waals surface area contributed by atoms with Crippen LogP contribution in [-0.2, 0) is 4.57 Å². The molecule has 0 aromatic heterocycles. The number of para-hydroxylation sites is 2. The van der Waals surface area contributed by atoms with Crippen LogP contribution in [0, 0.1) is 13.8 Å². The molecule has 0 unspecified atom stereocenters. The molecule has 2 aromatic carbocycles. The monoisotopic (exact) mass is 339 g/mol. The number of hydrogen-bond donors (Lipinski definition) is 3. The number of phosphoric acid groups is 1. The summed E-state index contributed by atoms with van der Waals surface area (Å²) in [7, 11) is -4.19. The fourth-order valence-corrected chi connectivity index (χ4v) is 2.53. The Morgan fingerprint density at radius 2 is 1.30 bits per heavy atom. The molecule has 0 aliphatic heterocycles. The quantitative estimate of drug-likeness (QED) is 0.724. The Morgan fingerprint density at radius 1 is 0.957 bits per heavy atom. The van der Waals surface area contributed by atoms with Gasteiger partial charge in [0.25, 0.3) is 0 Å². The Bertz CT molecular complexity index is 609. The summed E-state index contributed by atoms with van der Waals surface area (Å²) < 4.78 is 22.1. The molecule has 0 saturated heterocycles. The van der Waals surface area contributed by atoms with Crippen molar-refractivity contribution in [2.24, 2.45) is 5.73 Å². The predicted octanol–water partition coefficient (Wildman–Crippen LogP) is 2.80. The molecule has 2 rings (SSSR count). The van der Waals surface area contributed by atoms with Crippen molar-refractivity contribution in [2.45, 2.75) is 13.8 Å². The van der Waals surface area contributed by atoms with E-state index in [1.54, 1.807) is 50.2 Å². The van der Waals surface area contributed by atoms with Gasteiger partial charge in [-0.3, -0.25) is 4.89 Å². The molecule has 0 atom stereocenters. The van der Waals surface area contributed by atoms with Crippen LogP contribution < -0.4 is 14.8 Å². The third kappa shape index (κ3) is 6.84. The highest BCUT2D eigenvalue weighted by Gasteiger charge is 2.26. The number of benzene rings is 2. The lowest BCUT2D eigenvalue weighted by Crippen LogP contribution is -2.02. The van der Waals surface area contributed by atoms with Crippen LogP contribution >= 0.6 is 7.82 Å². The standard InChI is InChI=1S/C14H15O4P.C2H7NO/c1-11-7-3-5-9-13(11)17-19(15,16)18-14-10-6-4-8-12(14)2;3-1-2-4/h3-10H,1-2H3,(H,15,16);4H,1-3H2. The predicted molar refractivity (Wildman–Crippen MR) is 89.6 cm³/mol. The van der Waals surface area contributed by atoms with Gasteiger partial charge >= 0.3 is 7.82 Å². The number of aliphatic hydroxyl groups is 1. The highest BCUT2D eigenvalue weighted by atomic mass is 31.2. The van der Waals surface area contributed by atoms with Crippen LogP contribution in [-0.4, -0.2) is 23.2 Å². The zero-order chi connectivity index (χ0) is 17.3. The van der Waals surface area contributed by atoms with Crippen LogP contribution in [0.5, 0.6) is 11.5 Å². The summed E-state index contributed by atoms with van der Waals surface area (Å²) in [6.07, 6.45) is 0. The molecule has 0 bridgehead atoms. The van der Waals surface area contributed by atoms with E-state index in [0.717, 1.165) is 11.1 Å². The SMILES string of the molecule is Cc1ccccc1OP(=O)(O)Oc1ccccc1C.NCCO. The van der Waals surface area contributed by atoms with Crippen LogP contribution in [0.15, 0.2) is 48.5 Å². The lowest BCUT2D eigenvalue weighted by Gasteiger charge is -2.16. The average molecular weight is 339 g/mol. The maximum absolute atomic E-state index is 12.0. The molecule has 0 amide bonds. The number of nitrogens with two attached hydrogens (primary N) is 1. The molecule has 2 aromatic rings. The normalized spacial score (nSPS) is 10.5. The van der Waals surface area contributed by atoms with Crippen molar-refractivity contribution in [1.29, 1.82) is 0 Å². The largest absolute Gasteiger partial charge is 0.584 e. The van der Waals surface area contributed by atoms with Gasteiger partial charge in [0.1, 0.15) is 11.5 Å². The Kier molecular flexibility index (Phi) is 7.78. The first-order valence-corrected chi connectivity index (χ1v) is 8.53. The fourth-order valence-electron chi connectivity index (χ4n) is 1.58. The Balaban J connectivity index is 0.000000593. The third-order valence-electron chi connectivity index (χ3n) is 2.74. The summed E-state index contributed by atoms with van der Waals surface area (Å²) in [4.78, 5) is 9.78. The molecule has 6 nitrogen and oxygen atoms in total. The molecule has 23 heavy (non-hydrogen) atoms. The molecule has 7 heteroatoms. The molecule has 4 N–H and O–H groups in total. The second-order valence-electron chi connectivity index (χ2n) is 4.69. The maximum atomic E-state index is 12.0. The smallest absolute Gasteiger partial charge is 0.395 e. The third-order valence-corrected chi connectivity index (χ3v) is 3.60. The molecule has 0 aliphatic rings. The van der Waals surface area contributed by atoms with Crippen molar-refractivity contribution in [3.63, 3.8) is 0 Å². The number of rotatable bonds is 5. The van der Waals surface area contributed by atoms with Gasteiger partial charge in [-0.15, -0.1) is 0 Å². The van der Waals surface area contributed by atoms with E-state index in [9.17, 15) is 9.46 Å². The molecule has 0 radical (unpaired) electrons.